The van der Waals surface area contributed by atoms with Crippen molar-refractivity contribution < 1.29 is 65.7 Å². The van der Waals surface area contributed by atoms with Gasteiger partial charge in [0.2, 0.25) is 0 Å². The lowest BCUT2D eigenvalue weighted by Gasteiger charge is -2.23. The number of aromatic amines is 2. The van der Waals surface area contributed by atoms with Crippen LogP contribution >= 0.6 is 23.5 Å². The highest BCUT2D eigenvalue weighted by molar-refractivity contribution is 7.47. The molecule has 4 heterocycles. The van der Waals surface area contributed by atoms with Crippen LogP contribution < -0.4 is 22.5 Å². The molecule has 1 unspecified atom stereocenters. The highest BCUT2D eigenvalue weighted by Crippen LogP contribution is 2.50. The van der Waals surface area contributed by atoms with E-state index in [0.29, 0.717) is 0 Å². The Labute approximate surface area is 250 Å². The predicted molar refractivity (Wildman–Crippen MR) is 145 cm³/mol. The summed E-state index contributed by atoms with van der Waals surface area (Å²) in [5.74, 6) is 0. The molecule has 22 nitrogen and oxygen atoms in total. The summed E-state index contributed by atoms with van der Waals surface area (Å²) in [6.07, 6.45) is -6.93. The number of H-pyrrole nitrogens is 2. The summed E-state index contributed by atoms with van der Waals surface area (Å²) in [5.41, 5.74) is -3.00. The van der Waals surface area contributed by atoms with E-state index in [4.69, 9.17) is 32.8 Å². The smallest absolute Gasteiger partial charge is 0.349 e. The molecule has 2 aromatic heterocycles. The van der Waals surface area contributed by atoms with Crippen molar-refractivity contribution in [2.75, 3.05) is 13.2 Å². The molecule has 252 valence electrons. The lowest BCUT2D eigenvalue weighted by Crippen LogP contribution is -2.33. The molecule has 0 aromatic carbocycles. The molecular weight excluding hydrogens is 677 g/mol. The van der Waals surface area contributed by atoms with Gasteiger partial charge in [0.05, 0.1) is 13.2 Å². The summed E-state index contributed by atoms with van der Waals surface area (Å²) < 4.78 is 68.2. The Bertz CT molecular complexity index is 1790. The molecule has 25 heteroatoms. The number of nitrogens with zero attached hydrogens (tertiary/aromatic N) is 2. The van der Waals surface area contributed by atoms with E-state index in [-0.39, 0.29) is 24.0 Å². The molecule has 4 rings (SSSR count). The van der Waals surface area contributed by atoms with Gasteiger partial charge in [-0.05, 0) is 13.8 Å². The Morgan fingerprint density at radius 1 is 0.733 bits per heavy atom. The van der Waals surface area contributed by atoms with Gasteiger partial charge in [0.15, 0.2) is 0 Å². The third-order valence-corrected chi connectivity index (χ3v) is 8.67. The van der Waals surface area contributed by atoms with Crippen LogP contribution in [0.25, 0.3) is 0 Å². The van der Waals surface area contributed by atoms with Gasteiger partial charge in [0.25, 0.3) is 11.1 Å². The lowest BCUT2D eigenvalue weighted by atomic mass is 10.2. The number of hydrogen-bond acceptors (Lipinski definition) is 13. The van der Waals surface area contributed by atoms with Crippen LogP contribution in [0.2, 0.25) is 0 Å². The van der Waals surface area contributed by atoms with E-state index in [9.17, 15) is 47.6 Å². The van der Waals surface area contributed by atoms with Gasteiger partial charge >= 0.3 is 34.8 Å². The van der Waals surface area contributed by atoms with Crippen molar-refractivity contribution in [3.8, 4) is 0 Å². The second-order valence-corrected chi connectivity index (χ2v) is 13.9. The van der Waals surface area contributed by atoms with Crippen molar-refractivity contribution in [1.29, 1.82) is 0 Å². The molecule has 7 N–H and O–H groups in total. The van der Waals surface area contributed by atoms with E-state index in [1.165, 1.54) is 13.8 Å². The molecule has 0 amide bonds. The number of phosphoric ester groups is 3. The van der Waals surface area contributed by atoms with Gasteiger partial charge in [-0.15, -0.1) is 0 Å². The van der Waals surface area contributed by atoms with Gasteiger partial charge in [0.1, 0.15) is 36.9 Å². The Morgan fingerprint density at radius 2 is 1.16 bits per heavy atom. The van der Waals surface area contributed by atoms with Gasteiger partial charge in [-0.3, -0.25) is 46.8 Å². The monoisotopic (exact) mass is 706 g/mol. The van der Waals surface area contributed by atoms with E-state index in [1.54, 1.807) is 0 Å². The normalized spacial score (nSPS) is 27.1. The quantitative estimate of drug-likeness (QED) is 0.122. The van der Waals surface area contributed by atoms with Crippen LogP contribution in [0.4, 0.5) is 0 Å². The maximum Gasteiger partial charge on any atom is 0.472 e. The van der Waals surface area contributed by atoms with E-state index >= 15 is 0 Å². The van der Waals surface area contributed by atoms with Crippen molar-refractivity contribution in [2.24, 2.45) is 0 Å². The van der Waals surface area contributed by atoms with Gasteiger partial charge in [0, 0.05) is 36.4 Å². The average Bonchev–Trinajstić information content (AvgIpc) is 3.47. The average molecular weight is 706 g/mol. The fraction of sp³-hybridized carbons (Fsp3) is 0.600. The topological polar surface area (TPSA) is 317 Å². The van der Waals surface area contributed by atoms with Crippen molar-refractivity contribution >= 4 is 23.5 Å². The molecule has 0 spiro atoms. The number of phosphoric acid groups is 3. The number of rotatable bonds is 12. The molecule has 0 aliphatic carbocycles. The third-order valence-electron chi connectivity index (χ3n) is 6.62. The molecule has 45 heavy (non-hydrogen) atoms. The zero-order chi connectivity index (χ0) is 33.5. The van der Waals surface area contributed by atoms with E-state index in [1.807, 2.05) is 9.97 Å². The minimum absolute atomic E-state index is 0.1000. The van der Waals surface area contributed by atoms with Crippen LogP contribution in [0.5, 0.6) is 0 Å². The van der Waals surface area contributed by atoms with Crippen LogP contribution in [-0.4, -0.2) is 81.2 Å². The van der Waals surface area contributed by atoms with Gasteiger partial charge in [-0.1, -0.05) is 0 Å². The fourth-order valence-corrected chi connectivity index (χ4v) is 6.46. The largest absolute Gasteiger partial charge is 0.472 e. The third kappa shape index (κ3) is 9.34. The van der Waals surface area contributed by atoms with Crippen LogP contribution in [0.1, 0.15) is 36.4 Å². The van der Waals surface area contributed by atoms with Crippen molar-refractivity contribution in [1.82, 2.24) is 19.1 Å². The number of nitrogens with one attached hydrogen (secondary N) is 2. The standard InChI is InChI=1S/C20H29N4O18P3/c1-9-5-23(19(27)21-17(9)25)15-3-11(41-44(32,33)34)14(40-15)8-38-45(35,36)42-12-4-16(39-13(12)7-37-43(29,30)31)24-6-10(2)18(26)22-20(24)28/h5-6,11-16H,3-4,7-8H2,1-2H3,(H,35,36)(H,21,25,27)(H,22,26,28)(H2,29,30,31)(H2,32,33,34)/t11-,12-,13+,14+,15+,16+/m0/s1. The first kappa shape index (κ1) is 35.5. The fourth-order valence-electron chi connectivity index (χ4n) is 4.58. The van der Waals surface area contributed by atoms with Crippen LogP contribution in [0.3, 0.4) is 0 Å². The molecule has 2 aliphatic heterocycles. The molecule has 0 bridgehead atoms. The molecule has 2 aliphatic rings. The lowest BCUT2D eigenvalue weighted by molar-refractivity contribution is -0.0566. The van der Waals surface area contributed by atoms with E-state index in [2.05, 4.69) is 4.52 Å². The molecule has 7 atom stereocenters. The highest BCUT2D eigenvalue weighted by Gasteiger charge is 2.45. The van der Waals surface area contributed by atoms with Crippen LogP contribution in [0.15, 0.2) is 31.6 Å². The summed E-state index contributed by atoms with van der Waals surface area (Å²) in [6.45, 7) is 1.000. The molecule has 0 radical (unpaired) electrons. The highest BCUT2D eigenvalue weighted by atomic mass is 31.2. The first-order valence-electron chi connectivity index (χ1n) is 12.8. The van der Waals surface area contributed by atoms with Gasteiger partial charge in [-0.25, -0.2) is 23.3 Å². The zero-order valence-electron chi connectivity index (χ0n) is 23.2. The second-order valence-electron chi connectivity index (χ2n) is 10.0. The Hall–Kier alpha value is -2.39. The number of aromatic nitrogens is 4. The molecule has 0 saturated carbocycles. The van der Waals surface area contributed by atoms with E-state index in [0.717, 1.165) is 21.5 Å². The Balaban J connectivity index is 1.51. The Kier molecular flexibility index (Phi) is 10.5. The summed E-state index contributed by atoms with van der Waals surface area (Å²) in [4.78, 5) is 99.5. The maximum absolute atomic E-state index is 13.0. The van der Waals surface area contributed by atoms with E-state index < -0.39 is 96.1 Å². The summed E-state index contributed by atoms with van der Waals surface area (Å²) in [6, 6.07) is 0. The van der Waals surface area contributed by atoms with Crippen LogP contribution in [0, 0.1) is 13.8 Å². The molecule has 2 fully saturated rings. The van der Waals surface area contributed by atoms with Crippen molar-refractivity contribution in [3.63, 3.8) is 0 Å². The number of ether oxygens (including phenoxy) is 2. The summed E-state index contributed by atoms with van der Waals surface area (Å²) in [5, 5.41) is 0. The molecular formula is C20H29N4O18P3. The van der Waals surface area contributed by atoms with Gasteiger partial charge in [-0.2, -0.15) is 0 Å². The predicted octanol–water partition coefficient (Wildman–Crippen LogP) is -1.63. The van der Waals surface area contributed by atoms with Crippen molar-refractivity contribution in [2.45, 2.75) is 63.6 Å². The number of hydrogen-bond donors (Lipinski definition) is 7. The minimum atomic E-state index is -5.16. The van der Waals surface area contributed by atoms with Crippen LogP contribution in [-0.2, 0) is 41.3 Å². The SMILES string of the molecule is Cc1cn([C@H]2C[C@H](OP(=O)(O)O)[C@@H](COP(=O)(O)O[C@H]3C[C@H](n4cc(C)c(=O)[nH]c4=O)O[C@@H]3COP(=O)(O)O)O2)c(=O)[nH]c1=O. The first-order valence-corrected chi connectivity index (χ1v) is 17.3. The summed E-state index contributed by atoms with van der Waals surface area (Å²) in [7, 11) is -15.4. The van der Waals surface area contributed by atoms with Crippen molar-refractivity contribution in [3.05, 3.63) is 65.2 Å². The molecule has 2 saturated heterocycles. The zero-order valence-corrected chi connectivity index (χ0v) is 25.9. The number of aryl methyl sites for hydroxylation is 2. The maximum atomic E-state index is 13.0. The minimum Gasteiger partial charge on any atom is -0.349 e. The summed E-state index contributed by atoms with van der Waals surface area (Å²) >= 11 is 0. The Morgan fingerprint density at radius 3 is 1.58 bits per heavy atom. The molecule has 2 aromatic rings. The second kappa shape index (κ2) is 13.4. The van der Waals surface area contributed by atoms with Gasteiger partial charge < -0.3 is 33.9 Å². The first-order chi connectivity index (χ1) is 20.7.